The van der Waals surface area contributed by atoms with Crippen LogP contribution in [0.1, 0.15) is 77.6 Å². The SMILES string of the molecule is CC/C=C\CC[C@@H](O)C/C=C\CCCCCCCC(=O)OC. The summed E-state index contributed by atoms with van der Waals surface area (Å²) in [5, 5.41) is 9.79. The average molecular weight is 310 g/mol. The summed E-state index contributed by atoms with van der Waals surface area (Å²) in [6.07, 6.45) is 19.2. The van der Waals surface area contributed by atoms with Gasteiger partial charge in [0.25, 0.3) is 0 Å². The highest BCUT2D eigenvalue weighted by molar-refractivity contribution is 5.68. The molecule has 0 amide bonds. The molecular formula is C19H34O3. The summed E-state index contributed by atoms with van der Waals surface area (Å²) in [5.41, 5.74) is 0. The predicted molar refractivity (Wildman–Crippen MR) is 92.8 cm³/mol. The Morgan fingerprint density at radius 1 is 1.00 bits per heavy atom. The van der Waals surface area contributed by atoms with Crippen molar-refractivity contribution in [3.63, 3.8) is 0 Å². The lowest BCUT2D eigenvalue weighted by Crippen LogP contribution is -2.03. The summed E-state index contributed by atoms with van der Waals surface area (Å²) in [6.45, 7) is 2.12. The van der Waals surface area contributed by atoms with Crippen molar-refractivity contribution >= 4 is 5.97 Å². The number of esters is 1. The van der Waals surface area contributed by atoms with Crippen LogP contribution >= 0.6 is 0 Å². The number of aliphatic hydroxyl groups excluding tert-OH is 1. The second kappa shape index (κ2) is 16.3. The summed E-state index contributed by atoms with van der Waals surface area (Å²) < 4.78 is 4.61. The number of rotatable bonds is 14. The first kappa shape index (κ1) is 20.9. The third kappa shape index (κ3) is 15.3. The molecule has 0 aliphatic carbocycles. The van der Waals surface area contributed by atoms with Gasteiger partial charge in [-0.25, -0.2) is 0 Å². The van der Waals surface area contributed by atoms with Crippen LogP contribution in [-0.2, 0) is 9.53 Å². The monoisotopic (exact) mass is 310 g/mol. The van der Waals surface area contributed by atoms with E-state index in [4.69, 9.17) is 0 Å². The predicted octanol–water partition coefficient (Wildman–Crippen LogP) is 4.94. The maximum Gasteiger partial charge on any atom is 0.305 e. The largest absolute Gasteiger partial charge is 0.469 e. The van der Waals surface area contributed by atoms with Gasteiger partial charge >= 0.3 is 5.97 Å². The lowest BCUT2D eigenvalue weighted by Gasteiger charge is -2.05. The van der Waals surface area contributed by atoms with Crippen LogP contribution in [0.3, 0.4) is 0 Å². The lowest BCUT2D eigenvalue weighted by molar-refractivity contribution is -0.140. The highest BCUT2D eigenvalue weighted by Crippen LogP contribution is 2.09. The first-order valence-corrected chi connectivity index (χ1v) is 8.75. The van der Waals surface area contributed by atoms with Crippen molar-refractivity contribution in [2.24, 2.45) is 0 Å². The first-order valence-electron chi connectivity index (χ1n) is 8.75. The molecule has 0 saturated carbocycles. The Labute approximate surface area is 136 Å². The van der Waals surface area contributed by atoms with Gasteiger partial charge in [0.15, 0.2) is 0 Å². The minimum absolute atomic E-state index is 0.105. The number of unbranched alkanes of at least 4 members (excludes halogenated alkanes) is 5. The van der Waals surface area contributed by atoms with Crippen LogP contribution in [0.25, 0.3) is 0 Å². The van der Waals surface area contributed by atoms with Crippen molar-refractivity contribution in [2.45, 2.75) is 83.7 Å². The molecule has 0 fully saturated rings. The minimum atomic E-state index is -0.212. The quantitative estimate of drug-likeness (QED) is 0.281. The molecule has 0 heterocycles. The van der Waals surface area contributed by atoms with Crippen LogP contribution < -0.4 is 0 Å². The van der Waals surface area contributed by atoms with Crippen LogP contribution in [0.2, 0.25) is 0 Å². The number of ether oxygens (including phenoxy) is 1. The van der Waals surface area contributed by atoms with E-state index in [1.807, 2.05) is 0 Å². The number of methoxy groups -OCH3 is 1. The van der Waals surface area contributed by atoms with Crippen LogP contribution in [0.15, 0.2) is 24.3 Å². The van der Waals surface area contributed by atoms with Gasteiger partial charge < -0.3 is 9.84 Å². The number of hydrogen-bond donors (Lipinski definition) is 1. The number of allylic oxidation sites excluding steroid dienone is 3. The molecule has 128 valence electrons. The maximum atomic E-state index is 10.9. The number of aliphatic hydroxyl groups is 1. The van der Waals surface area contributed by atoms with E-state index in [9.17, 15) is 9.90 Å². The molecular weight excluding hydrogens is 276 g/mol. The second-order valence-corrected chi connectivity index (χ2v) is 5.70. The zero-order valence-electron chi connectivity index (χ0n) is 14.4. The van der Waals surface area contributed by atoms with E-state index in [0.717, 1.165) is 44.9 Å². The van der Waals surface area contributed by atoms with E-state index < -0.39 is 0 Å². The third-order valence-corrected chi connectivity index (χ3v) is 3.62. The van der Waals surface area contributed by atoms with Crippen LogP contribution in [0, 0.1) is 0 Å². The van der Waals surface area contributed by atoms with E-state index in [2.05, 4.69) is 36.0 Å². The molecule has 0 rings (SSSR count). The molecule has 0 radical (unpaired) electrons. The molecule has 0 aromatic carbocycles. The van der Waals surface area contributed by atoms with E-state index in [-0.39, 0.29) is 12.1 Å². The molecule has 0 aromatic heterocycles. The van der Waals surface area contributed by atoms with Crippen LogP contribution in [-0.4, -0.2) is 24.3 Å². The molecule has 0 aliphatic rings. The molecule has 0 unspecified atom stereocenters. The minimum Gasteiger partial charge on any atom is -0.469 e. The van der Waals surface area contributed by atoms with Gasteiger partial charge in [-0.15, -0.1) is 0 Å². The lowest BCUT2D eigenvalue weighted by atomic mass is 10.1. The van der Waals surface area contributed by atoms with Crippen molar-refractivity contribution in [1.29, 1.82) is 0 Å². The highest BCUT2D eigenvalue weighted by atomic mass is 16.5. The molecule has 22 heavy (non-hydrogen) atoms. The van der Waals surface area contributed by atoms with Crippen LogP contribution in [0.4, 0.5) is 0 Å². The Kier molecular flexibility index (Phi) is 15.5. The smallest absolute Gasteiger partial charge is 0.305 e. The van der Waals surface area contributed by atoms with Gasteiger partial charge in [0, 0.05) is 6.42 Å². The molecule has 0 spiro atoms. The van der Waals surface area contributed by atoms with Gasteiger partial charge in [-0.05, 0) is 44.9 Å². The van der Waals surface area contributed by atoms with E-state index in [1.54, 1.807) is 0 Å². The molecule has 0 aromatic rings. The van der Waals surface area contributed by atoms with Gasteiger partial charge in [0.2, 0.25) is 0 Å². The average Bonchev–Trinajstić information content (AvgIpc) is 2.53. The molecule has 0 saturated heterocycles. The van der Waals surface area contributed by atoms with Crippen molar-refractivity contribution in [2.75, 3.05) is 7.11 Å². The standard InChI is InChI=1S/C19H34O3/c1-3-4-5-12-15-18(20)16-13-10-8-6-7-9-11-14-17-19(21)22-2/h4-5,10,13,18,20H,3,6-9,11-12,14-17H2,1-2H3/b5-4-,13-10-/t18-/m1/s1. The fourth-order valence-electron chi connectivity index (χ4n) is 2.23. The summed E-state index contributed by atoms with van der Waals surface area (Å²) >= 11 is 0. The molecule has 3 heteroatoms. The zero-order valence-corrected chi connectivity index (χ0v) is 14.4. The normalized spacial score (nSPS) is 13.0. The van der Waals surface area contributed by atoms with Gasteiger partial charge in [-0.1, -0.05) is 50.5 Å². The Hall–Kier alpha value is -1.09. The summed E-state index contributed by atoms with van der Waals surface area (Å²) in [6, 6.07) is 0. The van der Waals surface area contributed by atoms with Crippen molar-refractivity contribution < 1.29 is 14.6 Å². The van der Waals surface area contributed by atoms with Gasteiger partial charge in [0.05, 0.1) is 13.2 Å². The molecule has 3 nitrogen and oxygen atoms in total. The van der Waals surface area contributed by atoms with Crippen molar-refractivity contribution in [3.05, 3.63) is 24.3 Å². The molecule has 0 bridgehead atoms. The summed E-state index contributed by atoms with van der Waals surface area (Å²) in [4.78, 5) is 10.9. The van der Waals surface area contributed by atoms with E-state index >= 15 is 0 Å². The fourth-order valence-corrected chi connectivity index (χ4v) is 2.23. The van der Waals surface area contributed by atoms with Crippen molar-refractivity contribution in [1.82, 2.24) is 0 Å². The highest BCUT2D eigenvalue weighted by Gasteiger charge is 2.00. The zero-order chi connectivity index (χ0) is 16.5. The first-order chi connectivity index (χ1) is 10.7. The Morgan fingerprint density at radius 3 is 2.41 bits per heavy atom. The van der Waals surface area contributed by atoms with Crippen molar-refractivity contribution in [3.8, 4) is 0 Å². The molecule has 1 N–H and O–H groups in total. The summed E-state index contributed by atoms with van der Waals surface area (Å²) in [5.74, 6) is -0.105. The topological polar surface area (TPSA) is 46.5 Å². The van der Waals surface area contributed by atoms with E-state index in [0.29, 0.717) is 6.42 Å². The third-order valence-electron chi connectivity index (χ3n) is 3.62. The van der Waals surface area contributed by atoms with E-state index in [1.165, 1.54) is 26.4 Å². The Morgan fingerprint density at radius 2 is 1.68 bits per heavy atom. The Bertz CT molecular complexity index is 308. The number of hydrogen-bond acceptors (Lipinski definition) is 3. The number of carbonyl (C=O) groups excluding carboxylic acids is 1. The Balaban J connectivity index is 3.33. The molecule has 1 atom stereocenters. The fraction of sp³-hybridized carbons (Fsp3) is 0.737. The van der Waals surface area contributed by atoms with Gasteiger partial charge in [-0.2, -0.15) is 0 Å². The maximum absolute atomic E-state index is 10.9. The number of carbonyl (C=O) groups is 1. The molecule has 0 aliphatic heterocycles. The van der Waals surface area contributed by atoms with Gasteiger partial charge in [-0.3, -0.25) is 4.79 Å². The van der Waals surface area contributed by atoms with Crippen LogP contribution in [0.5, 0.6) is 0 Å². The van der Waals surface area contributed by atoms with Gasteiger partial charge in [0.1, 0.15) is 0 Å². The summed E-state index contributed by atoms with van der Waals surface area (Å²) in [7, 11) is 1.44. The second-order valence-electron chi connectivity index (χ2n) is 5.70.